The molecule has 5 rings (SSSR count). The lowest BCUT2D eigenvalue weighted by Crippen LogP contribution is -2.31. The second-order valence-electron chi connectivity index (χ2n) is 7.73. The second kappa shape index (κ2) is 8.01. The van der Waals surface area contributed by atoms with Gasteiger partial charge in [-0.3, -0.25) is 4.40 Å². The van der Waals surface area contributed by atoms with Gasteiger partial charge in [0.25, 0.3) is 0 Å². The van der Waals surface area contributed by atoms with E-state index < -0.39 is 16.4 Å². The number of hydrogen-bond acceptors (Lipinski definition) is 5. The average Bonchev–Trinajstić information content (AvgIpc) is 3.44. The summed E-state index contributed by atoms with van der Waals surface area (Å²) in [6.45, 7) is -2.68. The molecule has 32 heavy (non-hydrogen) atoms. The van der Waals surface area contributed by atoms with Crippen LogP contribution in [-0.2, 0) is 9.84 Å². The van der Waals surface area contributed by atoms with Crippen molar-refractivity contribution in [3.05, 3.63) is 61.1 Å². The Labute approximate surface area is 183 Å². The maximum Gasteiger partial charge on any atom is 0.333 e. The van der Waals surface area contributed by atoms with Gasteiger partial charge in [0.15, 0.2) is 15.7 Å². The van der Waals surface area contributed by atoms with E-state index in [0.29, 0.717) is 34.6 Å². The van der Waals surface area contributed by atoms with E-state index in [-0.39, 0.29) is 17.6 Å². The molecule has 0 saturated carbocycles. The fourth-order valence-corrected chi connectivity index (χ4v) is 5.33. The predicted molar refractivity (Wildman–Crippen MR) is 115 cm³/mol. The molecule has 0 bridgehead atoms. The number of pyridine rings is 1. The quantitative estimate of drug-likeness (QED) is 0.448. The third kappa shape index (κ3) is 3.97. The SMILES string of the molecule is O=S1(=O)CCC(Oc2cccc3ncc(-c4ccc(-c5cnn(C(F)F)c5)cc4)n23)CC1. The van der Waals surface area contributed by atoms with Gasteiger partial charge in [-0.05, 0) is 30.5 Å². The van der Waals surface area contributed by atoms with E-state index in [1.54, 1.807) is 6.20 Å². The summed E-state index contributed by atoms with van der Waals surface area (Å²) in [6.07, 6.45) is 5.22. The van der Waals surface area contributed by atoms with Gasteiger partial charge >= 0.3 is 6.55 Å². The largest absolute Gasteiger partial charge is 0.475 e. The van der Waals surface area contributed by atoms with Gasteiger partial charge in [0.2, 0.25) is 0 Å². The molecule has 1 aromatic carbocycles. The fraction of sp³-hybridized carbons (Fsp3) is 0.273. The van der Waals surface area contributed by atoms with E-state index in [1.165, 1.54) is 12.4 Å². The molecule has 166 valence electrons. The van der Waals surface area contributed by atoms with Crippen LogP contribution in [0, 0.1) is 0 Å². The van der Waals surface area contributed by atoms with Gasteiger partial charge in [-0.15, -0.1) is 0 Å². The number of halogens is 2. The van der Waals surface area contributed by atoms with Crippen molar-refractivity contribution in [2.45, 2.75) is 25.5 Å². The molecule has 3 aromatic heterocycles. The van der Waals surface area contributed by atoms with Crippen molar-refractivity contribution >= 4 is 15.5 Å². The summed E-state index contributed by atoms with van der Waals surface area (Å²) in [6, 6.07) is 13.0. The van der Waals surface area contributed by atoms with Crippen LogP contribution < -0.4 is 4.74 Å². The first-order valence-corrected chi connectivity index (χ1v) is 12.0. The Balaban J connectivity index is 1.44. The number of fused-ring (bicyclic) bond motifs is 1. The van der Waals surface area contributed by atoms with Gasteiger partial charge in [-0.2, -0.15) is 13.9 Å². The highest BCUT2D eigenvalue weighted by molar-refractivity contribution is 7.91. The van der Waals surface area contributed by atoms with Crippen molar-refractivity contribution in [1.29, 1.82) is 0 Å². The summed E-state index contributed by atoms with van der Waals surface area (Å²) in [7, 11) is -2.97. The lowest BCUT2D eigenvalue weighted by Gasteiger charge is -2.24. The molecule has 4 aromatic rings. The lowest BCUT2D eigenvalue weighted by molar-refractivity contribution is 0.0566. The Morgan fingerprint density at radius 2 is 1.69 bits per heavy atom. The number of ether oxygens (including phenoxy) is 1. The van der Waals surface area contributed by atoms with Crippen LogP contribution in [0.15, 0.2) is 61.1 Å². The molecule has 10 heteroatoms. The molecule has 0 atom stereocenters. The molecule has 4 heterocycles. The van der Waals surface area contributed by atoms with Crippen LogP contribution in [0.1, 0.15) is 19.4 Å². The monoisotopic (exact) mass is 458 g/mol. The molecule has 0 unspecified atom stereocenters. The highest BCUT2D eigenvalue weighted by atomic mass is 32.2. The summed E-state index contributed by atoms with van der Waals surface area (Å²) >= 11 is 0. The molecule has 1 aliphatic heterocycles. The molecule has 0 radical (unpaired) electrons. The van der Waals surface area contributed by atoms with Crippen molar-refractivity contribution < 1.29 is 21.9 Å². The molecular weight excluding hydrogens is 438 g/mol. The maximum atomic E-state index is 12.8. The summed E-state index contributed by atoms with van der Waals surface area (Å²) in [4.78, 5) is 4.47. The predicted octanol–water partition coefficient (Wildman–Crippen LogP) is 4.22. The van der Waals surface area contributed by atoms with Crippen molar-refractivity contribution in [2.75, 3.05) is 11.5 Å². The molecule has 7 nitrogen and oxygen atoms in total. The molecule has 0 aliphatic carbocycles. The van der Waals surface area contributed by atoms with Gasteiger partial charge in [0, 0.05) is 17.3 Å². The summed E-state index contributed by atoms with van der Waals surface area (Å²) in [5, 5.41) is 3.68. The fourth-order valence-electron chi connectivity index (χ4n) is 3.89. The number of alkyl halides is 2. The standard InChI is InChI=1S/C22H20F2N4O3S/c23-22(24)27-14-17(12-26-27)15-4-6-16(7-5-15)19-13-25-20-2-1-3-21(28(19)20)31-18-8-10-32(29,30)11-9-18/h1-7,12-14,18,22H,8-11H2. The van der Waals surface area contributed by atoms with Gasteiger partial charge in [0.1, 0.15) is 11.8 Å². The van der Waals surface area contributed by atoms with E-state index in [1.807, 2.05) is 46.9 Å². The smallest absolute Gasteiger partial charge is 0.333 e. The summed E-state index contributed by atoms with van der Waals surface area (Å²) in [5.74, 6) is 0.865. The molecular formula is C22H20F2N4O3S. The minimum Gasteiger partial charge on any atom is -0.475 e. The number of nitrogens with zero attached hydrogens (tertiary/aromatic N) is 4. The Morgan fingerprint density at radius 1 is 0.969 bits per heavy atom. The van der Waals surface area contributed by atoms with Gasteiger partial charge < -0.3 is 4.74 Å². The molecule has 1 saturated heterocycles. The van der Waals surface area contributed by atoms with Crippen molar-refractivity contribution in [1.82, 2.24) is 19.2 Å². The van der Waals surface area contributed by atoms with Crippen LogP contribution >= 0.6 is 0 Å². The lowest BCUT2D eigenvalue weighted by atomic mass is 10.1. The Hall–Kier alpha value is -3.27. The zero-order valence-electron chi connectivity index (χ0n) is 16.9. The number of imidazole rings is 1. The zero-order chi connectivity index (χ0) is 22.3. The second-order valence-corrected chi connectivity index (χ2v) is 10.0. The third-order valence-corrected chi connectivity index (χ3v) is 7.31. The van der Waals surface area contributed by atoms with Crippen LogP contribution in [0.3, 0.4) is 0 Å². The minimum atomic E-state index is -2.97. The van der Waals surface area contributed by atoms with Crippen LogP contribution in [0.25, 0.3) is 28.0 Å². The molecule has 0 spiro atoms. The highest BCUT2D eigenvalue weighted by Gasteiger charge is 2.25. The number of sulfone groups is 1. The Morgan fingerprint density at radius 3 is 2.38 bits per heavy atom. The van der Waals surface area contributed by atoms with Gasteiger partial charge in [-0.1, -0.05) is 30.3 Å². The van der Waals surface area contributed by atoms with Gasteiger partial charge in [-0.25, -0.2) is 18.1 Å². The van der Waals surface area contributed by atoms with E-state index in [9.17, 15) is 17.2 Å². The normalized spacial score (nSPS) is 16.6. The minimum absolute atomic E-state index is 0.133. The average molecular weight is 458 g/mol. The van der Waals surface area contributed by atoms with Crippen LogP contribution in [0.2, 0.25) is 0 Å². The molecule has 1 aliphatic rings. The first kappa shape index (κ1) is 20.6. The number of benzene rings is 1. The molecule has 0 N–H and O–H groups in total. The van der Waals surface area contributed by atoms with E-state index >= 15 is 0 Å². The van der Waals surface area contributed by atoms with Crippen LogP contribution in [-0.4, -0.2) is 45.2 Å². The number of rotatable bonds is 5. The first-order valence-electron chi connectivity index (χ1n) is 10.2. The van der Waals surface area contributed by atoms with Crippen LogP contribution in [0.5, 0.6) is 5.88 Å². The van der Waals surface area contributed by atoms with Crippen molar-refractivity contribution in [2.24, 2.45) is 0 Å². The number of aromatic nitrogens is 4. The van der Waals surface area contributed by atoms with E-state index in [4.69, 9.17) is 4.74 Å². The van der Waals surface area contributed by atoms with Crippen molar-refractivity contribution in [3.63, 3.8) is 0 Å². The Bertz CT molecular complexity index is 1350. The van der Waals surface area contributed by atoms with E-state index in [2.05, 4.69) is 10.1 Å². The van der Waals surface area contributed by atoms with Gasteiger partial charge in [0.05, 0.1) is 29.6 Å². The number of hydrogen-bond donors (Lipinski definition) is 0. The Kier molecular flexibility index (Phi) is 5.16. The molecule has 0 amide bonds. The molecule has 1 fully saturated rings. The summed E-state index contributed by atoms with van der Waals surface area (Å²) in [5.41, 5.74) is 3.78. The summed E-state index contributed by atoms with van der Waals surface area (Å²) < 4.78 is 57.7. The highest BCUT2D eigenvalue weighted by Crippen LogP contribution is 2.30. The van der Waals surface area contributed by atoms with Crippen LogP contribution in [0.4, 0.5) is 8.78 Å². The third-order valence-electron chi connectivity index (χ3n) is 5.60. The van der Waals surface area contributed by atoms with Crippen molar-refractivity contribution in [3.8, 4) is 28.3 Å². The van der Waals surface area contributed by atoms with E-state index in [0.717, 1.165) is 16.8 Å². The zero-order valence-corrected chi connectivity index (χ0v) is 17.8. The first-order chi connectivity index (χ1) is 15.4. The maximum absolute atomic E-state index is 12.8. The topological polar surface area (TPSA) is 78.5 Å².